The Morgan fingerprint density at radius 3 is 2.71 bits per heavy atom. The number of anilines is 2. The zero-order valence-electron chi connectivity index (χ0n) is 10.5. The third-order valence-electron chi connectivity index (χ3n) is 3.47. The summed E-state index contributed by atoms with van der Waals surface area (Å²) in [5.74, 6) is 7.42. The average Bonchev–Trinajstić information content (AvgIpc) is 2.81. The maximum atomic E-state index is 5.34. The summed E-state index contributed by atoms with van der Waals surface area (Å²) in [6.45, 7) is 4.16. The molecule has 17 heavy (non-hydrogen) atoms. The molecular formula is C12H21N5. The van der Waals surface area contributed by atoms with Gasteiger partial charge in [0.1, 0.15) is 5.82 Å². The molecule has 1 aromatic rings. The van der Waals surface area contributed by atoms with Crippen molar-refractivity contribution in [3.05, 3.63) is 11.8 Å². The molecule has 0 bridgehead atoms. The van der Waals surface area contributed by atoms with Crippen molar-refractivity contribution < 1.29 is 0 Å². The number of hydrogen-bond donors (Lipinski definition) is 3. The van der Waals surface area contributed by atoms with E-state index in [1.807, 2.05) is 13.0 Å². The second kappa shape index (κ2) is 5.31. The molecule has 0 aliphatic heterocycles. The Bertz CT molecular complexity index is 373. The van der Waals surface area contributed by atoms with Crippen LogP contribution in [0.4, 0.5) is 11.8 Å². The van der Waals surface area contributed by atoms with E-state index in [0.29, 0.717) is 12.0 Å². The molecule has 1 saturated carbocycles. The van der Waals surface area contributed by atoms with Gasteiger partial charge in [-0.3, -0.25) is 5.43 Å². The van der Waals surface area contributed by atoms with Crippen molar-refractivity contribution in [1.82, 2.24) is 9.97 Å². The van der Waals surface area contributed by atoms with Crippen molar-refractivity contribution in [2.45, 2.75) is 45.6 Å². The van der Waals surface area contributed by atoms with Crippen LogP contribution in [0.2, 0.25) is 0 Å². The number of nitrogens with zero attached hydrogens (tertiary/aromatic N) is 2. The minimum absolute atomic E-state index is 0.456. The number of nitrogen functional groups attached to an aromatic ring is 1. The van der Waals surface area contributed by atoms with Gasteiger partial charge in [0.05, 0.1) is 0 Å². The van der Waals surface area contributed by atoms with Crippen LogP contribution in [-0.4, -0.2) is 16.0 Å². The molecule has 0 saturated heterocycles. The number of rotatable bonds is 4. The summed E-state index contributed by atoms with van der Waals surface area (Å²) in [7, 11) is 0. The molecule has 1 aliphatic carbocycles. The predicted molar refractivity (Wildman–Crippen MR) is 69.6 cm³/mol. The fourth-order valence-electron chi connectivity index (χ4n) is 2.52. The van der Waals surface area contributed by atoms with Crippen molar-refractivity contribution in [2.24, 2.45) is 11.8 Å². The standard InChI is InChI=1S/C12H21N5/c1-8-7-11(16-12(14-8)17-13)15-9(2)10-5-3-4-6-10/h7,9-10H,3-6,13H2,1-2H3,(H2,14,15,16,17). The van der Waals surface area contributed by atoms with Gasteiger partial charge in [0.15, 0.2) is 0 Å². The molecule has 5 heteroatoms. The Morgan fingerprint density at radius 1 is 1.35 bits per heavy atom. The number of nitrogens with two attached hydrogens (primary N) is 1. The van der Waals surface area contributed by atoms with Gasteiger partial charge in [-0.2, -0.15) is 4.98 Å². The van der Waals surface area contributed by atoms with E-state index in [9.17, 15) is 0 Å². The van der Waals surface area contributed by atoms with Gasteiger partial charge in [-0.05, 0) is 32.6 Å². The molecule has 0 amide bonds. The summed E-state index contributed by atoms with van der Waals surface area (Å²) >= 11 is 0. The molecular weight excluding hydrogens is 214 g/mol. The fraction of sp³-hybridized carbons (Fsp3) is 0.667. The summed E-state index contributed by atoms with van der Waals surface area (Å²) in [6, 6.07) is 2.41. The van der Waals surface area contributed by atoms with E-state index in [2.05, 4.69) is 27.6 Å². The van der Waals surface area contributed by atoms with Gasteiger partial charge in [-0.15, -0.1) is 0 Å². The smallest absolute Gasteiger partial charge is 0.239 e. The summed E-state index contributed by atoms with van der Waals surface area (Å²) in [5.41, 5.74) is 3.40. The van der Waals surface area contributed by atoms with Crippen LogP contribution < -0.4 is 16.6 Å². The van der Waals surface area contributed by atoms with Crippen molar-refractivity contribution in [1.29, 1.82) is 0 Å². The Hall–Kier alpha value is -1.36. The SMILES string of the molecule is Cc1cc(NC(C)C2CCCC2)nc(NN)n1. The lowest BCUT2D eigenvalue weighted by molar-refractivity contribution is 0.481. The summed E-state index contributed by atoms with van der Waals surface area (Å²) in [4.78, 5) is 8.48. The molecule has 0 radical (unpaired) electrons. The molecule has 1 unspecified atom stereocenters. The van der Waals surface area contributed by atoms with E-state index in [1.165, 1.54) is 25.7 Å². The number of aromatic nitrogens is 2. The van der Waals surface area contributed by atoms with Crippen LogP contribution in [0.25, 0.3) is 0 Å². The maximum Gasteiger partial charge on any atom is 0.239 e. The highest BCUT2D eigenvalue weighted by Gasteiger charge is 2.21. The van der Waals surface area contributed by atoms with Gasteiger partial charge < -0.3 is 5.32 Å². The summed E-state index contributed by atoms with van der Waals surface area (Å²) in [5, 5.41) is 3.45. The lowest BCUT2D eigenvalue weighted by Gasteiger charge is -2.21. The number of nitrogens with one attached hydrogen (secondary N) is 2. The second-order valence-corrected chi connectivity index (χ2v) is 4.84. The van der Waals surface area contributed by atoms with Gasteiger partial charge in [-0.1, -0.05) is 12.8 Å². The molecule has 0 aromatic carbocycles. The van der Waals surface area contributed by atoms with Crippen molar-refractivity contribution in [3.8, 4) is 0 Å². The van der Waals surface area contributed by atoms with Gasteiger partial charge in [0.25, 0.3) is 0 Å². The second-order valence-electron chi connectivity index (χ2n) is 4.84. The topological polar surface area (TPSA) is 75.9 Å². The number of aryl methyl sites for hydroxylation is 1. The normalized spacial score (nSPS) is 18.1. The van der Waals surface area contributed by atoms with Gasteiger partial charge in [0, 0.05) is 17.8 Å². The lowest BCUT2D eigenvalue weighted by atomic mass is 10.00. The van der Waals surface area contributed by atoms with Crippen LogP contribution in [0.15, 0.2) is 6.07 Å². The first-order valence-corrected chi connectivity index (χ1v) is 6.28. The third-order valence-corrected chi connectivity index (χ3v) is 3.47. The van der Waals surface area contributed by atoms with Crippen LogP contribution in [-0.2, 0) is 0 Å². The highest BCUT2D eigenvalue weighted by atomic mass is 15.3. The van der Waals surface area contributed by atoms with Crippen LogP contribution in [0, 0.1) is 12.8 Å². The van der Waals surface area contributed by atoms with Gasteiger partial charge in [0.2, 0.25) is 5.95 Å². The van der Waals surface area contributed by atoms with Crippen molar-refractivity contribution >= 4 is 11.8 Å². The molecule has 0 spiro atoms. The Morgan fingerprint density at radius 2 is 2.06 bits per heavy atom. The number of hydrazine groups is 1. The van der Waals surface area contributed by atoms with E-state index >= 15 is 0 Å². The minimum Gasteiger partial charge on any atom is -0.367 e. The fourth-order valence-corrected chi connectivity index (χ4v) is 2.52. The molecule has 1 fully saturated rings. The molecule has 94 valence electrons. The zero-order chi connectivity index (χ0) is 12.3. The minimum atomic E-state index is 0.456. The largest absolute Gasteiger partial charge is 0.367 e. The molecule has 1 atom stereocenters. The van der Waals surface area contributed by atoms with Gasteiger partial charge >= 0.3 is 0 Å². The molecule has 2 rings (SSSR count). The van der Waals surface area contributed by atoms with Crippen LogP contribution in [0.1, 0.15) is 38.3 Å². The molecule has 1 heterocycles. The Balaban J connectivity index is 2.04. The Labute approximate surface area is 102 Å². The van der Waals surface area contributed by atoms with Crippen LogP contribution in [0.3, 0.4) is 0 Å². The Kier molecular flexibility index (Phi) is 3.78. The van der Waals surface area contributed by atoms with E-state index < -0.39 is 0 Å². The highest BCUT2D eigenvalue weighted by molar-refractivity contribution is 5.42. The monoisotopic (exact) mass is 235 g/mol. The predicted octanol–water partition coefficient (Wildman–Crippen LogP) is 2.06. The van der Waals surface area contributed by atoms with Gasteiger partial charge in [-0.25, -0.2) is 10.8 Å². The highest BCUT2D eigenvalue weighted by Crippen LogP contribution is 2.29. The zero-order valence-corrected chi connectivity index (χ0v) is 10.5. The van der Waals surface area contributed by atoms with E-state index in [1.54, 1.807) is 0 Å². The average molecular weight is 235 g/mol. The maximum absolute atomic E-state index is 5.34. The first-order valence-electron chi connectivity index (χ1n) is 6.28. The molecule has 5 nitrogen and oxygen atoms in total. The van der Waals surface area contributed by atoms with E-state index in [4.69, 9.17) is 5.84 Å². The van der Waals surface area contributed by atoms with Crippen molar-refractivity contribution in [3.63, 3.8) is 0 Å². The summed E-state index contributed by atoms with van der Waals surface area (Å²) < 4.78 is 0. The van der Waals surface area contributed by atoms with Crippen LogP contribution >= 0.6 is 0 Å². The third kappa shape index (κ3) is 3.06. The molecule has 1 aromatic heterocycles. The molecule has 4 N–H and O–H groups in total. The summed E-state index contributed by atoms with van der Waals surface area (Å²) in [6.07, 6.45) is 5.35. The van der Waals surface area contributed by atoms with Crippen molar-refractivity contribution in [2.75, 3.05) is 10.7 Å². The van der Waals surface area contributed by atoms with E-state index in [-0.39, 0.29) is 0 Å². The molecule has 1 aliphatic rings. The lowest BCUT2D eigenvalue weighted by Crippen LogP contribution is -2.25. The number of hydrogen-bond acceptors (Lipinski definition) is 5. The van der Waals surface area contributed by atoms with E-state index in [0.717, 1.165) is 17.4 Å². The first kappa shape index (κ1) is 12.1. The quantitative estimate of drug-likeness (QED) is 0.550. The van der Waals surface area contributed by atoms with Crippen LogP contribution in [0.5, 0.6) is 0 Å². The first-order chi connectivity index (χ1) is 8.19.